The monoisotopic (exact) mass is 247 g/mol. The average Bonchev–Trinajstić information content (AvgIpc) is 2.32. The summed E-state index contributed by atoms with van der Waals surface area (Å²) in [6.07, 6.45) is 2.35. The molecular weight excluding hydrogens is 238 g/mol. The number of benzene rings is 1. The van der Waals surface area contributed by atoms with E-state index in [0.717, 1.165) is 11.1 Å². The Morgan fingerprint density at radius 2 is 1.94 bits per heavy atom. The molecule has 17 heavy (non-hydrogen) atoms. The smallest absolute Gasteiger partial charge is 0.343 e. The van der Waals surface area contributed by atoms with Gasteiger partial charge in [-0.3, -0.25) is 0 Å². The fourth-order valence-electron chi connectivity index (χ4n) is 1.33. The summed E-state index contributed by atoms with van der Waals surface area (Å²) in [7, 11) is 0. The fraction of sp³-hybridized carbons (Fsp3) is 0. The molecule has 0 unspecified atom stereocenters. The second-order valence-electron chi connectivity index (χ2n) is 3.30. The molecule has 5 heteroatoms. The quantitative estimate of drug-likeness (QED) is 0.667. The number of carboxylic acid groups (broad SMARTS) is 1. The molecule has 0 saturated carbocycles. The Labute approximate surface area is 102 Å². The Balaban J connectivity index is 2.36. The first kappa shape index (κ1) is 11.5. The van der Waals surface area contributed by atoms with Gasteiger partial charge in [-0.2, -0.15) is 4.73 Å². The van der Waals surface area contributed by atoms with E-state index in [1.54, 1.807) is 0 Å². The third-order valence-electron chi connectivity index (χ3n) is 2.10. The molecule has 1 aromatic heterocycles. The lowest BCUT2D eigenvalue weighted by molar-refractivity contribution is -0.605. The molecule has 2 rings (SSSR count). The summed E-state index contributed by atoms with van der Waals surface area (Å²) in [5.41, 5.74) is 0.0105. The lowest BCUT2D eigenvalue weighted by atomic mass is 10.3. The van der Waals surface area contributed by atoms with Crippen LogP contribution in [0.4, 0.5) is 0 Å². The number of carboxylic acids is 1. The van der Waals surface area contributed by atoms with Gasteiger partial charge in [-0.25, -0.2) is 4.79 Å². The minimum atomic E-state index is -1.10. The molecule has 0 aliphatic heterocycles. The van der Waals surface area contributed by atoms with Gasteiger partial charge in [0.25, 0.3) is 0 Å². The lowest BCUT2D eigenvalue weighted by Gasteiger charge is -2.05. The zero-order valence-electron chi connectivity index (χ0n) is 8.74. The summed E-state index contributed by atoms with van der Waals surface area (Å²) in [6.45, 7) is 0. The molecule has 0 amide bonds. The van der Waals surface area contributed by atoms with Crippen LogP contribution in [0.3, 0.4) is 0 Å². The van der Waals surface area contributed by atoms with Crippen molar-refractivity contribution in [2.75, 3.05) is 0 Å². The number of nitrogens with zero attached hydrogens (tertiary/aromatic N) is 1. The molecule has 1 aromatic carbocycles. The first-order valence-corrected chi connectivity index (χ1v) is 5.67. The first-order chi connectivity index (χ1) is 8.16. The Morgan fingerprint density at radius 1 is 1.24 bits per heavy atom. The Bertz CT molecular complexity index is 543. The van der Waals surface area contributed by atoms with Crippen LogP contribution in [0.2, 0.25) is 0 Å². The van der Waals surface area contributed by atoms with E-state index >= 15 is 0 Å². The number of hydrogen-bond acceptors (Lipinski definition) is 3. The van der Waals surface area contributed by atoms with Crippen molar-refractivity contribution in [3.05, 3.63) is 59.6 Å². The second-order valence-corrected chi connectivity index (χ2v) is 4.42. The first-order valence-electron chi connectivity index (χ1n) is 4.86. The van der Waals surface area contributed by atoms with E-state index in [4.69, 9.17) is 5.11 Å². The van der Waals surface area contributed by atoms with Crippen LogP contribution in [0.5, 0.6) is 0 Å². The van der Waals surface area contributed by atoms with E-state index < -0.39 is 5.97 Å². The van der Waals surface area contributed by atoms with Gasteiger partial charge in [0.05, 0.1) is 0 Å². The maximum Gasteiger partial charge on any atom is 0.343 e. The van der Waals surface area contributed by atoms with E-state index in [2.05, 4.69) is 0 Å². The average molecular weight is 247 g/mol. The summed E-state index contributed by atoms with van der Waals surface area (Å²) in [6, 6.07) is 10.9. The van der Waals surface area contributed by atoms with Crippen LogP contribution >= 0.6 is 11.8 Å². The number of pyridine rings is 1. The predicted molar refractivity (Wildman–Crippen MR) is 62.9 cm³/mol. The summed E-state index contributed by atoms with van der Waals surface area (Å²) in [5, 5.41) is 20.0. The summed E-state index contributed by atoms with van der Waals surface area (Å²) >= 11 is 1.32. The van der Waals surface area contributed by atoms with Crippen molar-refractivity contribution in [3.63, 3.8) is 0 Å². The number of aromatic carboxylic acids is 1. The van der Waals surface area contributed by atoms with Gasteiger partial charge in [0.2, 0.25) is 0 Å². The van der Waals surface area contributed by atoms with Gasteiger partial charge in [0.15, 0.2) is 12.4 Å². The van der Waals surface area contributed by atoms with Crippen LogP contribution in [0.25, 0.3) is 0 Å². The highest BCUT2D eigenvalue weighted by Gasteiger charge is 2.14. The van der Waals surface area contributed by atoms with Crippen molar-refractivity contribution in [2.24, 2.45) is 0 Å². The maximum atomic E-state index is 11.0. The van der Waals surface area contributed by atoms with Gasteiger partial charge in [0.1, 0.15) is 5.56 Å². The van der Waals surface area contributed by atoms with Crippen LogP contribution in [-0.4, -0.2) is 11.1 Å². The van der Waals surface area contributed by atoms with Crippen LogP contribution in [0.15, 0.2) is 58.6 Å². The maximum absolute atomic E-state index is 11.0. The molecule has 0 aliphatic carbocycles. The highest BCUT2D eigenvalue weighted by Crippen LogP contribution is 2.29. The summed E-state index contributed by atoms with van der Waals surface area (Å²) in [4.78, 5) is 12.5. The van der Waals surface area contributed by atoms with Crippen LogP contribution in [0.1, 0.15) is 10.4 Å². The van der Waals surface area contributed by atoms with Crippen molar-refractivity contribution in [1.82, 2.24) is 0 Å². The third kappa shape index (κ3) is 2.76. The molecule has 0 bridgehead atoms. The number of carbonyl (C=O) groups is 1. The molecule has 0 atom stereocenters. The molecule has 0 fully saturated rings. The molecule has 4 nitrogen and oxygen atoms in total. The molecule has 0 spiro atoms. The largest absolute Gasteiger partial charge is 0.619 e. The van der Waals surface area contributed by atoms with Crippen molar-refractivity contribution in [3.8, 4) is 0 Å². The van der Waals surface area contributed by atoms with Crippen LogP contribution in [0, 0.1) is 5.21 Å². The number of rotatable bonds is 3. The Hall–Kier alpha value is -2.01. The van der Waals surface area contributed by atoms with E-state index in [1.165, 1.54) is 24.0 Å². The zero-order chi connectivity index (χ0) is 12.3. The highest BCUT2D eigenvalue weighted by molar-refractivity contribution is 7.99. The molecule has 1 heterocycles. The summed E-state index contributed by atoms with van der Waals surface area (Å²) in [5.74, 6) is -1.10. The molecule has 2 aromatic rings. The van der Waals surface area contributed by atoms with Gasteiger partial charge in [0, 0.05) is 15.9 Å². The van der Waals surface area contributed by atoms with Crippen molar-refractivity contribution in [1.29, 1.82) is 0 Å². The van der Waals surface area contributed by atoms with Gasteiger partial charge >= 0.3 is 5.97 Å². The molecule has 86 valence electrons. The van der Waals surface area contributed by atoms with Gasteiger partial charge in [-0.05, 0) is 12.1 Å². The zero-order valence-corrected chi connectivity index (χ0v) is 9.55. The minimum Gasteiger partial charge on any atom is -0.619 e. The fourth-order valence-corrected chi connectivity index (χ4v) is 2.26. The van der Waals surface area contributed by atoms with E-state index in [1.807, 2.05) is 30.3 Å². The Kier molecular flexibility index (Phi) is 3.30. The van der Waals surface area contributed by atoms with Crippen LogP contribution in [-0.2, 0) is 0 Å². The molecule has 1 N–H and O–H groups in total. The van der Waals surface area contributed by atoms with E-state index in [0.29, 0.717) is 9.63 Å². The van der Waals surface area contributed by atoms with Crippen molar-refractivity contribution in [2.45, 2.75) is 9.79 Å². The summed E-state index contributed by atoms with van der Waals surface area (Å²) < 4.78 is 0.485. The number of hydrogen-bond donors (Lipinski definition) is 1. The molecule has 0 saturated heterocycles. The lowest BCUT2D eigenvalue weighted by Crippen LogP contribution is -2.26. The van der Waals surface area contributed by atoms with Crippen LogP contribution < -0.4 is 4.73 Å². The van der Waals surface area contributed by atoms with Gasteiger partial charge in [-0.15, -0.1) is 0 Å². The molecular formula is C12H9NO3S. The second kappa shape index (κ2) is 4.88. The standard InChI is InChI=1S/C12H9NO3S/c14-12(15)10-8-13(16)7-6-11(10)17-9-4-2-1-3-5-9/h1-8H,(H,14,15). The van der Waals surface area contributed by atoms with Crippen molar-refractivity contribution < 1.29 is 14.6 Å². The third-order valence-corrected chi connectivity index (χ3v) is 3.18. The highest BCUT2D eigenvalue weighted by atomic mass is 32.2. The van der Waals surface area contributed by atoms with E-state index in [-0.39, 0.29) is 5.56 Å². The number of aromatic nitrogens is 1. The SMILES string of the molecule is O=C(O)c1c[n+]([O-])ccc1Sc1ccccc1. The van der Waals surface area contributed by atoms with Crippen molar-refractivity contribution >= 4 is 17.7 Å². The van der Waals surface area contributed by atoms with Gasteiger partial charge in [-0.1, -0.05) is 30.0 Å². The minimum absolute atomic E-state index is 0.0105. The topological polar surface area (TPSA) is 64.2 Å². The predicted octanol–water partition coefficient (Wildman–Crippen LogP) is 2.17. The van der Waals surface area contributed by atoms with E-state index in [9.17, 15) is 10.0 Å². The molecule has 0 aliphatic rings. The molecule has 0 radical (unpaired) electrons. The van der Waals surface area contributed by atoms with Gasteiger partial charge < -0.3 is 10.3 Å². The Morgan fingerprint density at radius 3 is 2.59 bits per heavy atom. The normalized spacial score (nSPS) is 10.1.